The zero-order chi connectivity index (χ0) is 25.5. The molecule has 2 nitrogen and oxygen atoms in total. The summed E-state index contributed by atoms with van der Waals surface area (Å²) in [5.41, 5.74) is 11.4. The van der Waals surface area contributed by atoms with Gasteiger partial charge in [0.05, 0.1) is 22.9 Å². The summed E-state index contributed by atoms with van der Waals surface area (Å²) in [5, 5.41) is 7.68. The van der Waals surface area contributed by atoms with Gasteiger partial charge in [0.25, 0.3) is 0 Å². The Labute approximate surface area is 225 Å². The molecule has 8 aromatic rings. The van der Waals surface area contributed by atoms with Crippen molar-refractivity contribution in [3.8, 4) is 39.1 Å². The molecule has 0 saturated heterocycles. The highest BCUT2D eigenvalue weighted by Gasteiger charge is 2.24. The number of aromatic nitrogens is 2. The Morgan fingerprint density at radius 1 is 0.436 bits per heavy atom. The Kier molecular flexibility index (Phi) is 4.08. The van der Waals surface area contributed by atoms with Crippen molar-refractivity contribution in [1.29, 1.82) is 0 Å². The first-order valence-electron chi connectivity index (χ1n) is 13.4. The minimum absolute atomic E-state index is 1.07. The molecule has 0 unspecified atom stereocenters. The van der Waals surface area contributed by atoms with Crippen molar-refractivity contribution in [2.75, 3.05) is 0 Å². The number of benzene rings is 6. The molecule has 0 aliphatic heterocycles. The van der Waals surface area contributed by atoms with E-state index in [-0.39, 0.29) is 0 Å². The smallest absolute Gasteiger partial charge is 0.0645 e. The van der Waals surface area contributed by atoms with E-state index in [4.69, 9.17) is 0 Å². The SMILES string of the molecule is c1cncc(-n2c3ccccc3c3cc(-c4ccc5c6c(cccc46)-c4ccccc4-5)c4ccccc4c32)c1. The van der Waals surface area contributed by atoms with Crippen LogP contribution in [0.15, 0.2) is 134 Å². The van der Waals surface area contributed by atoms with Gasteiger partial charge in [0.1, 0.15) is 0 Å². The quantitative estimate of drug-likeness (QED) is 0.234. The third-order valence-corrected chi connectivity index (χ3v) is 8.42. The van der Waals surface area contributed by atoms with Crippen molar-refractivity contribution in [1.82, 2.24) is 9.55 Å². The molecule has 2 aromatic heterocycles. The molecule has 0 bridgehead atoms. The van der Waals surface area contributed by atoms with E-state index in [1.807, 2.05) is 18.5 Å². The van der Waals surface area contributed by atoms with Gasteiger partial charge >= 0.3 is 0 Å². The molecule has 9 rings (SSSR count). The molecular formula is C37H22N2. The molecule has 0 N–H and O–H groups in total. The molecule has 0 spiro atoms. The Bertz CT molecular complexity index is 2240. The van der Waals surface area contributed by atoms with Gasteiger partial charge in [0.2, 0.25) is 0 Å². The third-order valence-electron chi connectivity index (χ3n) is 8.42. The van der Waals surface area contributed by atoms with Crippen molar-refractivity contribution in [3.05, 3.63) is 134 Å². The maximum absolute atomic E-state index is 4.45. The first-order valence-corrected chi connectivity index (χ1v) is 13.4. The van der Waals surface area contributed by atoms with Crippen molar-refractivity contribution < 1.29 is 0 Å². The summed E-state index contributed by atoms with van der Waals surface area (Å²) in [6.45, 7) is 0. The summed E-state index contributed by atoms with van der Waals surface area (Å²) < 4.78 is 2.37. The van der Waals surface area contributed by atoms with Gasteiger partial charge in [-0.1, -0.05) is 97.1 Å². The number of hydrogen-bond acceptors (Lipinski definition) is 1. The lowest BCUT2D eigenvalue weighted by Crippen LogP contribution is -1.95. The van der Waals surface area contributed by atoms with Crippen LogP contribution in [-0.2, 0) is 0 Å². The number of pyridine rings is 1. The molecule has 180 valence electrons. The van der Waals surface area contributed by atoms with E-state index in [0.29, 0.717) is 0 Å². The molecule has 39 heavy (non-hydrogen) atoms. The van der Waals surface area contributed by atoms with Crippen LogP contribution in [0.2, 0.25) is 0 Å². The van der Waals surface area contributed by atoms with E-state index < -0.39 is 0 Å². The fourth-order valence-electron chi connectivity index (χ4n) is 6.84. The minimum Gasteiger partial charge on any atom is -0.307 e. The predicted octanol–water partition coefficient (Wildman–Crippen LogP) is 9.80. The number of fused-ring (bicyclic) bond motifs is 8. The van der Waals surface area contributed by atoms with Crippen LogP contribution in [0.4, 0.5) is 0 Å². The lowest BCUT2D eigenvalue weighted by molar-refractivity contribution is 1.15. The van der Waals surface area contributed by atoms with Crippen LogP contribution in [0.25, 0.3) is 82.4 Å². The molecule has 0 saturated carbocycles. The van der Waals surface area contributed by atoms with E-state index in [9.17, 15) is 0 Å². The highest BCUT2D eigenvalue weighted by atomic mass is 15.0. The lowest BCUT2D eigenvalue weighted by atomic mass is 9.90. The molecular weight excluding hydrogens is 472 g/mol. The Morgan fingerprint density at radius 2 is 1.10 bits per heavy atom. The van der Waals surface area contributed by atoms with Gasteiger partial charge in [0, 0.05) is 22.4 Å². The van der Waals surface area contributed by atoms with E-state index in [1.54, 1.807) is 0 Å². The number of nitrogens with zero attached hydrogens (tertiary/aromatic N) is 2. The van der Waals surface area contributed by atoms with Gasteiger partial charge in [-0.2, -0.15) is 0 Å². The zero-order valence-corrected chi connectivity index (χ0v) is 21.1. The average molecular weight is 495 g/mol. The molecule has 0 fully saturated rings. The first-order chi connectivity index (χ1) is 19.4. The van der Waals surface area contributed by atoms with Crippen LogP contribution in [0, 0.1) is 0 Å². The van der Waals surface area contributed by atoms with E-state index >= 15 is 0 Å². The zero-order valence-electron chi connectivity index (χ0n) is 21.1. The second-order valence-corrected chi connectivity index (χ2v) is 10.4. The molecule has 2 heteroatoms. The number of hydrogen-bond donors (Lipinski definition) is 0. The molecule has 6 aromatic carbocycles. The van der Waals surface area contributed by atoms with Gasteiger partial charge in [0.15, 0.2) is 0 Å². The maximum Gasteiger partial charge on any atom is 0.0645 e. The van der Waals surface area contributed by atoms with Crippen molar-refractivity contribution >= 4 is 43.4 Å². The molecule has 2 heterocycles. The van der Waals surface area contributed by atoms with Crippen LogP contribution >= 0.6 is 0 Å². The van der Waals surface area contributed by atoms with Crippen LogP contribution in [0.1, 0.15) is 0 Å². The van der Waals surface area contributed by atoms with E-state index in [2.05, 4.69) is 125 Å². The standard InChI is InChI=1S/C37H22N2/c1-2-11-25-24(10-1)29-15-7-16-30-27(18-19-31(25)36(29)30)33-21-34-28-13-5-6-17-35(28)39(23-9-8-20-38-22-23)37(34)32-14-4-3-12-26(32)33/h1-22H. The van der Waals surface area contributed by atoms with Crippen LogP contribution < -0.4 is 0 Å². The summed E-state index contributed by atoms with van der Waals surface area (Å²) in [4.78, 5) is 4.45. The van der Waals surface area contributed by atoms with Gasteiger partial charge in [-0.05, 0) is 73.8 Å². The molecule has 0 amide bonds. The van der Waals surface area contributed by atoms with Crippen molar-refractivity contribution in [2.45, 2.75) is 0 Å². The second kappa shape index (κ2) is 7.66. The second-order valence-electron chi connectivity index (χ2n) is 10.4. The summed E-state index contributed by atoms with van der Waals surface area (Å²) >= 11 is 0. The lowest BCUT2D eigenvalue weighted by Gasteiger charge is -2.15. The fraction of sp³-hybridized carbons (Fsp3) is 0. The van der Waals surface area contributed by atoms with Crippen molar-refractivity contribution in [2.24, 2.45) is 0 Å². The Hall–Kier alpha value is -5.21. The summed E-state index contributed by atoms with van der Waals surface area (Å²) in [6.07, 6.45) is 3.79. The number of para-hydroxylation sites is 1. The van der Waals surface area contributed by atoms with Crippen LogP contribution in [0.3, 0.4) is 0 Å². The molecule has 1 aliphatic carbocycles. The largest absolute Gasteiger partial charge is 0.307 e. The number of rotatable bonds is 2. The predicted molar refractivity (Wildman–Crippen MR) is 163 cm³/mol. The normalized spacial score (nSPS) is 12.1. The van der Waals surface area contributed by atoms with Gasteiger partial charge in [-0.3, -0.25) is 4.98 Å². The highest BCUT2D eigenvalue weighted by molar-refractivity contribution is 6.25. The summed E-state index contributed by atoms with van der Waals surface area (Å²) in [6, 6.07) is 44.3. The summed E-state index contributed by atoms with van der Waals surface area (Å²) in [7, 11) is 0. The Morgan fingerprint density at radius 3 is 1.92 bits per heavy atom. The first kappa shape index (κ1) is 20.8. The third kappa shape index (κ3) is 2.73. The Balaban J connectivity index is 1.44. The van der Waals surface area contributed by atoms with E-state index in [1.165, 1.54) is 76.7 Å². The molecule has 0 atom stereocenters. The summed E-state index contributed by atoms with van der Waals surface area (Å²) in [5.74, 6) is 0. The highest BCUT2D eigenvalue weighted by Crippen LogP contribution is 2.50. The molecule has 0 radical (unpaired) electrons. The average Bonchev–Trinajstić information content (AvgIpc) is 3.52. The minimum atomic E-state index is 1.07. The van der Waals surface area contributed by atoms with Crippen molar-refractivity contribution in [3.63, 3.8) is 0 Å². The fourth-order valence-corrected chi connectivity index (χ4v) is 6.84. The van der Waals surface area contributed by atoms with Crippen LogP contribution in [0.5, 0.6) is 0 Å². The van der Waals surface area contributed by atoms with E-state index in [0.717, 1.165) is 5.69 Å². The van der Waals surface area contributed by atoms with Gasteiger partial charge in [-0.15, -0.1) is 0 Å². The topological polar surface area (TPSA) is 17.8 Å². The maximum atomic E-state index is 4.45. The molecule has 1 aliphatic rings. The monoisotopic (exact) mass is 494 g/mol. The van der Waals surface area contributed by atoms with Gasteiger partial charge < -0.3 is 4.57 Å². The van der Waals surface area contributed by atoms with Crippen LogP contribution in [-0.4, -0.2) is 9.55 Å². The van der Waals surface area contributed by atoms with Gasteiger partial charge in [-0.25, -0.2) is 0 Å².